The lowest BCUT2D eigenvalue weighted by atomic mass is 10.1. The zero-order valence-corrected chi connectivity index (χ0v) is 17.2. The third kappa shape index (κ3) is 4.93. The zero-order valence-electron chi connectivity index (χ0n) is 17.2. The number of hydrogen-bond donors (Lipinski definition) is 1. The van der Waals surface area contributed by atoms with E-state index in [-0.39, 0.29) is 17.9 Å². The predicted molar refractivity (Wildman–Crippen MR) is 114 cm³/mol. The van der Waals surface area contributed by atoms with Gasteiger partial charge in [-0.05, 0) is 69.7 Å². The summed E-state index contributed by atoms with van der Waals surface area (Å²) in [6.45, 7) is 8.12. The number of hydrogen-bond acceptors (Lipinski definition) is 3. The molecule has 1 N–H and O–H groups in total. The van der Waals surface area contributed by atoms with Crippen LogP contribution in [0.15, 0.2) is 65.1 Å². The average molecular weight is 390 g/mol. The lowest BCUT2D eigenvalue weighted by Crippen LogP contribution is -2.36. The molecule has 0 saturated heterocycles. The van der Waals surface area contributed by atoms with Gasteiger partial charge in [0.25, 0.3) is 11.8 Å². The highest BCUT2D eigenvalue weighted by Gasteiger charge is 2.21. The Morgan fingerprint density at radius 2 is 1.69 bits per heavy atom. The lowest BCUT2D eigenvalue weighted by Gasteiger charge is -2.26. The number of benzene rings is 2. The van der Waals surface area contributed by atoms with Gasteiger partial charge in [-0.2, -0.15) is 0 Å². The van der Waals surface area contributed by atoms with Crippen LogP contribution in [0.2, 0.25) is 0 Å². The molecular formula is C24H26N2O3. The van der Waals surface area contributed by atoms with Gasteiger partial charge in [-0.15, -0.1) is 0 Å². The van der Waals surface area contributed by atoms with E-state index in [1.807, 2.05) is 64.1 Å². The van der Waals surface area contributed by atoms with Gasteiger partial charge in [0.05, 0.1) is 6.54 Å². The second-order valence-electron chi connectivity index (χ2n) is 7.39. The lowest BCUT2D eigenvalue weighted by molar-refractivity contribution is 0.0675. The monoisotopic (exact) mass is 390 g/mol. The fourth-order valence-corrected chi connectivity index (χ4v) is 3.07. The molecule has 0 spiro atoms. The van der Waals surface area contributed by atoms with E-state index >= 15 is 0 Å². The van der Waals surface area contributed by atoms with Crippen molar-refractivity contribution in [3.05, 3.63) is 88.9 Å². The summed E-state index contributed by atoms with van der Waals surface area (Å²) < 4.78 is 5.64. The van der Waals surface area contributed by atoms with Gasteiger partial charge in [0.15, 0.2) is 0 Å². The molecule has 1 heterocycles. The van der Waals surface area contributed by atoms with Crippen molar-refractivity contribution in [2.75, 3.05) is 5.32 Å². The summed E-state index contributed by atoms with van der Waals surface area (Å²) in [4.78, 5) is 27.5. The summed E-state index contributed by atoms with van der Waals surface area (Å²) >= 11 is 0. The predicted octanol–water partition coefficient (Wildman–Crippen LogP) is 5.20. The minimum Gasteiger partial charge on any atom is -0.464 e. The third-order valence-electron chi connectivity index (χ3n) is 4.78. The molecule has 5 heteroatoms. The first-order valence-electron chi connectivity index (χ1n) is 9.68. The first kappa shape index (κ1) is 20.4. The van der Waals surface area contributed by atoms with Crippen LogP contribution in [0.25, 0.3) is 0 Å². The van der Waals surface area contributed by atoms with E-state index in [4.69, 9.17) is 4.42 Å². The molecule has 2 aromatic carbocycles. The first-order valence-corrected chi connectivity index (χ1v) is 9.68. The molecule has 0 aliphatic heterocycles. The van der Waals surface area contributed by atoms with Crippen LogP contribution in [-0.2, 0) is 6.54 Å². The molecule has 0 aliphatic carbocycles. The molecule has 1 aromatic heterocycles. The number of anilines is 1. The van der Waals surface area contributed by atoms with E-state index < -0.39 is 0 Å². The molecule has 0 bridgehead atoms. The highest BCUT2D eigenvalue weighted by atomic mass is 16.3. The molecule has 0 unspecified atom stereocenters. The van der Waals surface area contributed by atoms with E-state index in [1.54, 1.807) is 29.2 Å². The summed E-state index contributed by atoms with van der Waals surface area (Å²) in [5.74, 6) is 1.25. The molecular weight excluding hydrogens is 364 g/mol. The van der Waals surface area contributed by atoms with Crippen molar-refractivity contribution in [2.24, 2.45) is 0 Å². The van der Waals surface area contributed by atoms with Crippen LogP contribution in [-0.4, -0.2) is 22.8 Å². The number of rotatable bonds is 6. The second-order valence-corrected chi connectivity index (χ2v) is 7.39. The Kier molecular flexibility index (Phi) is 6.17. The summed E-state index contributed by atoms with van der Waals surface area (Å²) in [7, 11) is 0. The maximum Gasteiger partial charge on any atom is 0.255 e. The number of amides is 2. The second kappa shape index (κ2) is 8.78. The standard InChI is InChI=1S/C24H26N2O3/c1-16(2)26(15-21-13-11-18(4)29-21)24(28)20-12-10-17(3)22(14-20)25-23(27)19-8-6-5-7-9-19/h5-14,16H,15H2,1-4H3,(H,25,27). The van der Waals surface area contributed by atoms with Crippen LogP contribution in [0, 0.1) is 13.8 Å². The third-order valence-corrected chi connectivity index (χ3v) is 4.78. The van der Waals surface area contributed by atoms with Crippen molar-refractivity contribution in [1.29, 1.82) is 0 Å². The Hall–Kier alpha value is -3.34. The number of nitrogens with zero attached hydrogens (tertiary/aromatic N) is 1. The molecule has 0 fully saturated rings. The van der Waals surface area contributed by atoms with Crippen LogP contribution in [0.1, 0.15) is 51.6 Å². The van der Waals surface area contributed by atoms with Crippen molar-refractivity contribution in [2.45, 2.75) is 40.3 Å². The van der Waals surface area contributed by atoms with E-state index in [9.17, 15) is 9.59 Å². The molecule has 29 heavy (non-hydrogen) atoms. The van der Waals surface area contributed by atoms with E-state index in [0.717, 1.165) is 17.1 Å². The normalized spacial score (nSPS) is 10.8. The highest BCUT2D eigenvalue weighted by Crippen LogP contribution is 2.21. The SMILES string of the molecule is Cc1ccc(CN(C(=O)c2ccc(C)c(NC(=O)c3ccccc3)c2)C(C)C)o1. The van der Waals surface area contributed by atoms with Crippen LogP contribution < -0.4 is 5.32 Å². The summed E-state index contributed by atoms with van der Waals surface area (Å²) in [5, 5.41) is 2.91. The van der Waals surface area contributed by atoms with Crippen LogP contribution >= 0.6 is 0 Å². The topological polar surface area (TPSA) is 62.6 Å². The number of nitrogens with one attached hydrogen (secondary N) is 1. The quantitative estimate of drug-likeness (QED) is 0.629. The Labute approximate surface area is 171 Å². The van der Waals surface area contributed by atoms with Crippen molar-refractivity contribution in [3.8, 4) is 0 Å². The molecule has 3 aromatic rings. The van der Waals surface area contributed by atoms with Crippen LogP contribution in [0.3, 0.4) is 0 Å². The highest BCUT2D eigenvalue weighted by molar-refractivity contribution is 6.05. The maximum absolute atomic E-state index is 13.2. The molecule has 5 nitrogen and oxygen atoms in total. The van der Waals surface area contributed by atoms with Gasteiger partial charge >= 0.3 is 0 Å². The van der Waals surface area contributed by atoms with Gasteiger partial charge in [0.2, 0.25) is 0 Å². The van der Waals surface area contributed by atoms with Gasteiger partial charge in [0, 0.05) is 22.9 Å². The van der Waals surface area contributed by atoms with Crippen molar-refractivity contribution in [3.63, 3.8) is 0 Å². The minimum absolute atomic E-state index is 0.00318. The zero-order chi connectivity index (χ0) is 21.0. The van der Waals surface area contributed by atoms with E-state index in [1.165, 1.54) is 0 Å². The summed E-state index contributed by atoms with van der Waals surface area (Å²) in [5.41, 5.74) is 2.61. The van der Waals surface area contributed by atoms with Crippen molar-refractivity contribution in [1.82, 2.24) is 4.90 Å². The number of furan rings is 1. The number of aryl methyl sites for hydroxylation is 2. The van der Waals surface area contributed by atoms with Crippen molar-refractivity contribution < 1.29 is 14.0 Å². The molecule has 0 atom stereocenters. The van der Waals surface area contributed by atoms with Gasteiger partial charge < -0.3 is 14.6 Å². The molecule has 0 aliphatic rings. The van der Waals surface area contributed by atoms with Crippen LogP contribution in [0.5, 0.6) is 0 Å². The largest absolute Gasteiger partial charge is 0.464 e. The minimum atomic E-state index is -0.204. The molecule has 3 rings (SSSR count). The van der Waals surface area contributed by atoms with E-state index in [0.29, 0.717) is 23.4 Å². The fraction of sp³-hybridized carbons (Fsp3) is 0.250. The number of carbonyl (C=O) groups is 2. The smallest absolute Gasteiger partial charge is 0.255 e. The van der Waals surface area contributed by atoms with Crippen molar-refractivity contribution >= 4 is 17.5 Å². The van der Waals surface area contributed by atoms with Gasteiger partial charge in [-0.1, -0.05) is 24.3 Å². The Morgan fingerprint density at radius 3 is 2.31 bits per heavy atom. The molecule has 150 valence electrons. The first-order chi connectivity index (χ1) is 13.8. The van der Waals surface area contributed by atoms with Gasteiger partial charge in [0.1, 0.15) is 11.5 Å². The Balaban J connectivity index is 1.82. The summed E-state index contributed by atoms with van der Waals surface area (Å²) in [6, 6.07) is 18.2. The number of carbonyl (C=O) groups excluding carboxylic acids is 2. The molecule has 0 radical (unpaired) electrons. The summed E-state index contributed by atoms with van der Waals surface area (Å²) in [6.07, 6.45) is 0. The fourth-order valence-electron chi connectivity index (χ4n) is 3.07. The Morgan fingerprint density at radius 1 is 0.966 bits per heavy atom. The Bertz CT molecular complexity index is 1010. The molecule has 0 saturated carbocycles. The average Bonchev–Trinajstić information content (AvgIpc) is 3.12. The van der Waals surface area contributed by atoms with Gasteiger partial charge in [-0.3, -0.25) is 9.59 Å². The van der Waals surface area contributed by atoms with E-state index in [2.05, 4.69) is 5.32 Å². The van der Waals surface area contributed by atoms with Crippen LogP contribution in [0.4, 0.5) is 5.69 Å². The van der Waals surface area contributed by atoms with Gasteiger partial charge in [-0.25, -0.2) is 0 Å². The molecule has 2 amide bonds. The maximum atomic E-state index is 13.2.